The van der Waals surface area contributed by atoms with Crippen molar-refractivity contribution in [2.24, 2.45) is 0 Å². The molecule has 0 N–H and O–H groups in total. The van der Waals surface area contributed by atoms with E-state index in [0.29, 0.717) is 22.5 Å². The van der Waals surface area contributed by atoms with Gasteiger partial charge in [0.1, 0.15) is 11.6 Å². The molecule has 0 atom stereocenters. The molecule has 0 saturated heterocycles. The van der Waals surface area contributed by atoms with Crippen LogP contribution in [-0.2, 0) is 6.61 Å². The fourth-order valence-corrected chi connectivity index (χ4v) is 1.92. The van der Waals surface area contributed by atoms with Crippen LogP contribution in [0.4, 0.5) is 4.39 Å². The van der Waals surface area contributed by atoms with Crippen LogP contribution < -0.4 is 4.74 Å². The summed E-state index contributed by atoms with van der Waals surface area (Å²) >= 11 is 5.91. The van der Waals surface area contributed by atoms with E-state index in [1.807, 2.05) is 6.07 Å². The second-order valence-electron chi connectivity index (χ2n) is 4.27. The first kappa shape index (κ1) is 13.6. The smallest absolute Gasteiger partial charge is 0.258 e. The lowest BCUT2D eigenvalue weighted by Crippen LogP contribution is -1.97. The number of hydrogen-bond acceptors (Lipinski definition) is 4. The van der Waals surface area contributed by atoms with Crippen molar-refractivity contribution in [3.05, 3.63) is 65.2 Å². The lowest BCUT2D eigenvalue weighted by molar-refractivity contribution is 0.286. The van der Waals surface area contributed by atoms with Gasteiger partial charge in [0.2, 0.25) is 5.82 Å². The van der Waals surface area contributed by atoms with Crippen LogP contribution in [0, 0.1) is 5.82 Å². The van der Waals surface area contributed by atoms with Crippen LogP contribution in [0.1, 0.15) is 5.82 Å². The zero-order valence-electron chi connectivity index (χ0n) is 10.8. The highest BCUT2D eigenvalue weighted by Gasteiger charge is 2.09. The zero-order chi connectivity index (χ0) is 14.7. The first-order valence-corrected chi connectivity index (χ1v) is 6.55. The van der Waals surface area contributed by atoms with E-state index in [4.69, 9.17) is 20.9 Å². The van der Waals surface area contributed by atoms with Crippen molar-refractivity contribution >= 4 is 11.6 Å². The average Bonchev–Trinajstić information content (AvgIpc) is 2.96. The van der Waals surface area contributed by atoms with Crippen molar-refractivity contribution in [2.75, 3.05) is 0 Å². The maximum Gasteiger partial charge on any atom is 0.258 e. The topological polar surface area (TPSA) is 48.2 Å². The molecule has 0 spiro atoms. The molecule has 4 nitrogen and oxygen atoms in total. The Morgan fingerprint density at radius 2 is 1.95 bits per heavy atom. The fourth-order valence-electron chi connectivity index (χ4n) is 1.73. The Labute approximate surface area is 125 Å². The Kier molecular flexibility index (Phi) is 3.83. The molecule has 3 rings (SSSR count). The summed E-state index contributed by atoms with van der Waals surface area (Å²) in [6.45, 7) is 0.135. The molecule has 0 aliphatic carbocycles. The monoisotopic (exact) mass is 304 g/mol. The summed E-state index contributed by atoms with van der Waals surface area (Å²) in [7, 11) is 0. The van der Waals surface area contributed by atoms with E-state index < -0.39 is 0 Å². The van der Waals surface area contributed by atoms with Gasteiger partial charge in [-0.1, -0.05) is 22.8 Å². The van der Waals surface area contributed by atoms with Crippen molar-refractivity contribution in [3.8, 4) is 17.2 Å². The van der Waals surface area contributed by atoms with Crippen molar-refractivity contribution in [3.63, 3.8) is 0 Å². The SMILES string of the molecule is Fc1ccc(OCc2noc(-c3cccc(Cl)c3)n2)cc1. The van der Waals surface area contributed by atoms with Gasteiger partial charge in [-0.15, -0.1) is 0 Å². The zero-order valence-corrected chi connectivity index (χ0v) is 11.5. The maximum atomic E-state index is 12.8. The van der Waals surface area contributed by atoms with Crippen LogP contribution in [0.5, 0.6) is 5.75 Å². The van der Waals surface area contributed by atoms with E-state index in [1.54, 1.807) is 18.2 Å². The van der Waals surface area contributed by atoms with Gasteiger partial charge in [-0.2, -0.15) is 4.98 Å². The summed E-state index contributed by atoms with van der Waals surface area (Å²) in [5.41, 5.74) is 0.739. The Morgan fingerprint density at radius 1 is 1.14 bits per heavy atom. The molecule has 0 unspecified atom stereocenters. The molecule has 0 aliphatic heterocycles. The van der Waals surface area contributed by atoms with Crippen molar-refractivity contribution in [1.29, 1.82) is 0 Å². The molecule has 0 aliphatic rings. The number of halogens is 2. The molecule has 0 fully saturated rings. The van der Waals surface area contributed by atoms with Crippen molar-refractivity contribution < 1.29 is 13.7 Å². The van der Waals surface area contributed by atoms with E-state index >= 15 is 0 Å². The predicted octanol–water partition coefficient (Wildman–Crippen LogP) is 4.11. The van der Waals surface area contributed by atoms with Gasteiger partial charge >= 0.3 is 0 Å². The van der Waals surface area contributed by atoms with E-state index in [0.717, 1.165) is 5.56 Å². The van der Waals surface area contributed by atoms with Crippen LogP contribution in [0.2, 0.25) is 5.02 Å². The molecule has 0 bridgehead atoms. The van der Waals surface area contributed by atoms with E-state index in [9.17, 15) is 4.39 Å². The van der Waals surface area contributed by atoms with Crippen LogP contribution >= 0.6 is 11.6 Å². The van der Waals surface area contributed by atoms with Crippen molar-refractivity contribution in [2.45, 2.75) is 6.61 Å². The molecule has 6 heteroatoms. The molecular weight excluding hydrogens is 295 g/mol. The molecule has 0 radical (unpaired) electrons. The highest BCUT2D eigenvalue weighted by atomic mass is 35.5. The summed E-state index contributed by atoms with van der Waals surface area (Å²) in [5, 5.41) is 4.42. The standard InChI is InChI=1S/C15H10ClFN2O2/c16-11-3-1-2-10(8-11)15-18-14(19-21-15)9-20-13-6-4-12(17)5-7-13/h1-8H,9H2. The van der Waals surface area contributed by atoms with Gasteiger partial charge in [0.25, 0.3) is 5.89 Å². The number of rotatable bonds is 4. The van der Waals surface area contributed by atoms with Gasteiger partial charge in [-0.25, -0.2) is 4.39 Å². The molecule has 106 valence electrons. The fraction of sp³-hybridized carbons (Fsp3) is 0.0667. The Bertz CT molecular complexity index is 743. The van der Waals surface area contributed by atoms with E-state index in [1.165, 1.54) is 24.3 Å². The molecule has 1 aromatic heterocycles. The summed E-state index contributed by atoms with van der Waals surface area (Å²) in [6, 6.07) is 12.8. The van der Waals surface area contributed by atoms with Crippen LogP contribution in [0.3, 0.4) is 0 Å². The molecule has 0 saturated carbocycles. The Hall–Kier alpha value is -2.40. The summed E-state index contributed by atoms with van der Waals surface area (Å²) in [6.07, 6.45) is 0. The lowest BCUT2D eigenvalue weighted by Gasteiger charge is -2.01. The van der Waals surface area contributed by atoms with Crippen LogP contribution in [-0.4, -0.2) is 10.1 Å². The Balaban J connectivity index is 1.69. The molecule has 2 aromatic carbocycles. The van der Waals surface area contributed by atoms with Crippen LogP contribution in [0.25, 0.3) is 11.5 Å². The van der Waals surface area contributed by atoms with Gasteiger partial charge in [0, 0.05) is 10.6 Å². The minimum atomic E-state index is -0.315. The molecule has 0 amide bonds. The summed E-state index contributed by atoms with van der Waals surface area (Å²) in [5.74, 6) is 0.986. The normalized spacial score (nSPS) is 10.6. The van der Waals surface area contributed by atoms with E-state index in [2.05, 4.69) is 10.1 Å². The number of hydrogen-bond donors (Lipinski definition) is 0. The third kappa shape index (κ3) is 3.38. The maximum absolute atomic E-state index is 12.8. The third-order valence-corrected chi connectivity index (χ3v) is 2.96. The molecule has 1 heterocycles. The third-order valence-electron chi connectivity index (χ3n) is 2.72. The van der Waals surface area contributed by atoms with Gasteiger partial charge < -0.3 is 9.26 Å². The minimum absolute atomic E-state index is 0.135. The second kappa shape index (κ2) is 5.93. The second-order valence-corrected chi connectivity index (χ2v) is 4.71. The van der Waals surface area contributed by atoms with Gasteiger partial charge in [-0.05, 0) is 42.5 Å². The average molecular weight is 305 g/mol. The first-order valence-electron chi connectivity index (χ1n) is 6.17. The first-order chi connectivity index (χ1) is 10.2. The highest BCUT2D eigenvalue weighted by Crippen LogP contribution is 2.21. The minimum Gasteiger partial charge on any atom is -0.485 e. The summed E-state index contributed by atoms with van der Waals surface area (Å²) < 4.78 is 23.4. The number of benzene rings is 2. The Morgan fingerprint density at radius 3 is 2.71 bits per heavy atom. The molecular formula is C15H10ClFN2O2. The number of ether oxygens (including phenoxy) is 1. The lowest BCUT2D eigenvalue weighted by atomic mass is 10.2. The largest absolute Gasteiger partial charge is 0.485 e. The van der Waals surface area contributed by atoms with Crippen LogP contribution in [0.15, 0.2) is 53.1 Å². The van der Waals surface area contributed by atoms with Gasteiger partial charge in [-0.3, -0.25) is 0 Å². The van der Waals surface area contributed by atoms with Crippen molar-refractivity contribution in [1.82, 2.24) is 10.1 Å². The van der Waals surface area contributed by atoms with E-state index in [-0.39, 0.29) is 12.4 Å². The predicted molar refractivity (Wildman–Crippen MR) is 75.5 cm³/mol. The highest BCUT2D eigenvalue weighted by molar-refractivity contribution is 6.30. The molecule has 3 aromatic rings. The van der Waals surface area contributed by atoms with Gasteiger partial charge in [0.05, 0.1) is 0 Å². The number of nitrogens with zero attached hydrogens (tertiary/aromatic N) is 2. The van der Waals surface area contributed by atoms with Gasteiger partial charge in [0.15, 0.2) is 6.61 Å². The summed E-state index contributed by atoms with van der Waals surface area (Å²) in [4.78, 5) is 4.22. The molecule has 21 heavy (non-hydrogen) atoms. The quantitative estimate of drug-likeness (QED) is 0.728. The number of aromatic nitrogens is 2.